The van der Waals surface area contributed by atoms with Gasteiger partial charge in [0.1, 0.15) is 5.76 Å². The summed E-state index contributed by atoms with van der Waals surface area (Å²) in [7, 11) is 1.62. The van der Waals surface area contributed by atoms with Crippen LogP contribution in [0.4, 0.5) is 13.2 Å². The molecule has 2 heterocycles. The molecule has 0 bridgehead atoms. The van der Waals surface area contributed by atoms with Gasteiger partial charge in [0.25, 0.3) is 0 Å². The van der Waals surface area contributed by atoms with E-state index in [1.54, 1.807) is 7.11 Å². The lowest BCUT2D eigenvalue weighted by Gasteiger charge is -2.26. The highest BCUT2D eigenvalue weighted by atomic mass is 19.4. The van der Waals surface area contributed by atoms with Gasteiger partial charge in [0.2, 0.25) is 5.89 Å². The number of ether oxygens (including phenoxy) is 2. The fourth-order valence-electron chi connectivity index (χ4n) is 3.64. The van der Waals surface area contributed by atoms with E-state index in [1.165, 1.54) is 12.1 Å². The summed E-state index contributed by atoms with van der Waals surface area (Å²) >= 11 is 0. The highest BCUT2D eigenvalue weighted by Gasteiger charge is 2.30. The summed E-state index contributed by atoms with van der Waals surface area (Å²) in [6.45, 7) is 4.44. The van der Waals surface area contributed by atoms with Gasteiger partial charge in [0, 0.05) is 30.8 Å². The van der Waals surface area contributed by atoms with Crippen molar-refractivity contribution in [2.75, 3.05) is 20.3 Å². The second-order valence-electron chi connectivity index (χ2n) is 7.46. The topological polar surface area (TPSA) is 47.7 Å². The maximum Gasteiger partial charge on any atom is 0.416 e. The van der Waals surface area contributed by atoms with Crippen molar-refractivity contribution in [3.63, 3.8) is 0 Å². The number of alkyl halides is 3. The quantitative estimate of drug-likeness (QED) is 0.548. The van der Waals surface area contributed by atoms with E-state index < -0.39 is 11.7 Å². The number of fused-ring (bicyclic) bond motifs is 1. The second kappa shape index (κ2) is 8.63. The van der Waals surface area contributed by atoms with Gasteiger partial charge < -0.3 is 13.9 Å². The molecule has 2 aromatic carbocycles. The Hall–Kier alpha value is -3.00. The second-order valence-corrected chi connectivity index (χ2v) is 7.46. The number of nitrogens with zero attached hydrogens (tertiary/aromatic N) is 2. The molecule has 8 heteroatoms. The summed E-state index contributed by atoms with van der Waals surface area (Å²) in [5.74, 6) is 2.44. The lowest BCUT2D eigenvalue weighted by atomic mass is 10.1. The number of benzene rings is 2. The van der Waals surface area contributed by atoms with Crippen LogP contribution in [0.25, 0.3) is 11.5 Å². The van der Waals surface area contributed by atoms with Crippen molar-refractivity contribution >= 4 is 0 Å². The van der Waals surface area contributed by atoms with Gasteiger partial charge in [0.15, 0.2) is 11.5 Å². The summed E-state index contributed by atoms with van der Waals surface area (Å²) in [6.07, 6.45) is -3.52. The Kier molecular flexibility index (Phi) is 5.91. The van der Waals surface area contributed by atoms with Gasteiger partial charge in [-0.15, -0.1) is 0 Å². The molecular formula is C23H23F3N2O3. The molecule has 0 unspecified atom stereocenters. The van der Waals surface area contributed by atoms with E-state index in [9.17, 15) is 13.2 Å². The molecule has 5 nitrogen and oxygen atoms in total. The number of hydrogen-bond donors (Lipinski definition) is 0. The largest absolute Gasteiger partial charge is 0.493 e. The van der Waals surface area contributed by atoms with Gasteiger partial charge in [-0.3, -0.25) is 4.90 Å². The van der Waals surface area contributed by atoms with Crippen LogP contribution < -0.4 is 9.47 Å². The summed E-state index contributed by atoms with van der Waals surface area (Å²) in [4.78, 5) is 6.82. The first kappa shape index (κ1) is 21.2. The van der Waals surface area contributed by atoms with Crippen molar-refractivity contribution in [1.82, 2.24) is 9.88 Å². The Balaban J connectivity index is 1.54. The number of halogens is 3. The molecule has 0 saturated carbocycles. The molecule has 0 saturated heterocycles. The van der Waals surface area contributed by atoms with Gasteiger partial charge in [-0.2, -0.15) is 13.2 Å². The first-order valence-electron chi connectivity index (χ1n) is 10.00. The van der Waals surface area contributed by atoms with Gasteiger partial charge in [-0.1, -0.05) is 12.1 Å². The van der Waals surface area contributed by atoms with Crippen molar-refractivity contribution in [2.45, 2.75) is 32.6 Å². The Morgan fingerprint density at radius 3 is 2.61 bits per heavy atom. The Labute approximate surface area is 178 Å². The van der Waals surface area contributed by atoms with Crippen molar-refractivity contribution in [1.29, 1.82) is 0 Å². The molecule has 1 aromatic heterocycles. The van der Waals surface area contributed by atoms with Gasteiger partial charge >= 0.3 is 6.18 Å². The fraction of sp³-hybridized carbons (Fsp3) is 0.348. The Morgan fingerprint density at radius 1 is 1.13 bits per heavy atom. The molecule has 0 N–H and O–H groups in total. The third-order valence-corrected chi connectivity index (χ3v) is 5.26. The van der Waals surface area contributed by atoms with Crippen LogP contribution in [0.1, 0.15) is 29.0 Å². The number of para-hydroxylation sites is 1. The number of aromatic nitrogens is 1. The van der Waals surface area contributed by atoms with Crippen LogP contribution in [0.5, 0.6) is 11.5 Å². The molecule has 0 aliphatic carbocycles. The van der Waals surface area contributed by atoms with E-state index in [2.05, 4.69) is 9.88 Å². The summed E-state index contributed by atoms with van der Waals surface area (Å²) in [6, 6.07) is 10.7. The highest BCUT2D eigenvalue weighted by Crippen LogP contribution is 2.34. The molecule has 0 amide bonds. The van der Waals surface area contributed by atoms with Crippen LogP contribution in [0.15, 0.2) is 46.9 Å². The van der Waals surface area contributed by atoms with Crippen LogP contribution in [-0.4, -0.2) is 30.1 Å². The van der Waals surface area contributed by atoms with E-state index in [0.717, 1.165) is 42.1 Å². The van der Waals surface area contributed by atoms with E-state index in [1.807, 2.05) is 25.1 Å². The van der Waals surface area contributed by atoms with Crippen LogP contribution in [0, 0.1) is 6.92 Å². The maximum absolute atomic E-state index is 12.8. The number of methoxy groups -OCH3 is 1. The minimum atomic E-state index is -4.37. The molecule has 3 aromatic rings. The molecule has 1 aliphatic rings. The van der Waals surface area contributed by atoms with E-state index >= 15 is 0 Å². The molecule has 31 heavy (non-hydrogen) atoms. The van der Waals surface area contributed by atoms with Crippen LogP contribution in [0.2, 0.25) is 0 Å². The highest BCUT2D eigenvalue weighted by molar-refractivity contribution is 5.54. The maximum atomic E-state index is 12.8. The zero-order valence-corrected chi connectivity index (χ0v) is 17.3. The van der Waals surface area contributed by atoms with Crippen molar-refractivity contribution in [3.8, 4) is 23.0 Å². The summed E-state index contributed by atoms with van der Waals surface area (Å²) < 4.78 is 55.5. The smallest absolute Gasteiger partial charge is 0.416 e. The predicted molar refractivity (Wildman–Crippen MR) is 109 cm³/mol. The van der Waals surface area contributed by atoms with Gasteiger partial charge in [0.05, 0.1) is 25.0 Å². The molecule has 0 radical (unpaired) electrons. The van der Waals surface area contributed by atoms with E-state index in [4.69, 9.17) is 13.9 Å². The number of rotatable bonds is 4. The monoisotopic (exact) mass is 432 g/mol. The number of oxazole rings is 1. The Morgan fingerprint density at radius 2 is 1.90 bits per heavy atom. The lowest BCUT2D eigenvalue weighted by Crippen LogP contribution is -2.28. The summed E-state index contributed by atoms with van der Waals surface area (Å²) in [5, 5.41) is 0. The molecule has 164 valence electrons. The molecular weight excluding hydrogens is 409 g/mol. The SMILES string of the molecule is COc1cccc2c1OCCCN(Cc1nc(-c3ccc(C(F)(F)F)cc3)oc1C)C2. The third-order valence-electron chi connectivity index (χ3n) is 5.26. The number of aryl methyl sites for hydroxylation is 1. The Bertz CT molecular complexity index is 1050. The van der Waals surface area contributed by atoms with E-state index in [0.29, 0.717) is 42.7 Å². The molecule has 1 aliphatic heterocycles. The lowest BCUT2D eigenvalue weighted by molar-refractivity contribution is -0.137. The normalized spacial score (nSPS) is 15.0. The zero-order chi connectivity index (χ0) is 22.0. The fourth-order valence-corrected chi connectivity index (χ4v) is 3.64. The first-order chi connectivity index (χ1) is 14.8. The predicted octanol–water partition coefficient (Wildman–Crippen LogP) is 5.46. The van der Waals surface area contributed by atoms with Gasteiger partial charge in [-0.25, -0.2) is 4.98 Å². The van der Waals surface area contributed by atoms with Crippen molar-refractivity contribution in [2.24, 2.45) is 0 Å². The molecule has 0 atom stereocenters. The summed E-state index contributed by atoms with van der Waals surface area (Å²) in [5.41, 5.74) is 1.61. The van der Waals surface area contributed by atoms with Crippen LogP contribution >= 0.6 is 0 Å². The number of hydrogen-bond acceptors (Lipinski definition) is 5. The van der Waals surface area contributed by atoms with E-state index in [-0.39, 0.29) is 0 Å². The minimum Gasteiger partial charge on any atom is -0.493 e. The standard InChI is InChI=1S/C23H23F3N2O3/c1-15-19(27-22(31-15)16-7-9-18(10-8-16)23(24,25)26)14-28-11-4-12-30-21-17(13-28)5-3-6-20(21)29-2/h3,5-10H,4,11-14H2,1-2H3. The average Bonchev–Trinajstić information content (AvgIpc) is 3.09. The van der Waals surface area contributed by atoms with Gasteiger partial charge in [-0.05, 0) is 43.7 Å². The molecule has 0 fully saturated rings. The van der Waals surface area contributed by atoms with Crippen LogP contribution in [-0.2, 0) is 19.3 Å². The first-order valence-corrected chi connectivity index (χ1v) is 10.00. The average molecular weight is 432 g/mol. The minimum absolute atomic E-state index is 0.318. The van der Waals surface area contributed by atoms with Crippen molar-refractivity contribution < 1.29 is 27.1 Å². The zero-order valence-electron chi connectivity index (χ0n) is 17.3. The molecule has 0 spiro atoms. The van der Waals surface area contributed by atoms with Crippen LogP contribution in [0.3, 0.4) is 0 Å². The molecule has 4 rings (SSSR count). The third kappa shape index (κ3) is 4.69. The van der Waals surface area contributed by atoms with Crippen molar-refractivity contribution in [3.05, 3.63) is 65.0 Å².